The summed E-state index contributed by atoms with van der Waals surface area (Å²) in [6.45, 7) is 4.20. The first-order chi connectivity index (χ1) is 18.1. The summed E-state index contributed by atoms with van der Waals surface area (Å²) < 4.78 is 22.8. The molecule has 6 rings (SSSR count). The molecular formula is C29H32O9. The number of fused-ring (bicyclic) bond motifs is 1. The van der Waals surface area contributed by atoms with Crippen LogP contribution in [0.3, 0.4) is 0 Å². The van der Waals surface area contributed by atoms with E-state index in [1.165, 1.54) is 6.08 Å². The van der Waals surface area contributed by atoms with Crippen molar-refractivity contribution in [3.8, 4) is 5.75 Å². The number of ether oxygens (including phenoxy) is 4. The predicted octanol–water partition coefficient (Wildman–Crippen LogP) is 2.48. The van der Waals surface area contributed by atoms with Gasteiger partial charge in [0.15, 0.2) is 11.7 Å². The number of ketones is 2. The third kappa shape index (κ3) is 3.18. The van der Waals surface area contributed by atoms with Crippen LogP contribution < -0.4 is 4.74 Å². The SMILES string of the molecule is COc1ccc(/C=C/C(=O)O[C@@H]2[C@H]3CC[C@@H]4[C@]2(C(=O)O[C@H]2CCC(C)(C)[C@H]5[C@H](O)OC[C@@]254)C(=O)C3=O)cc1. The van der Waals surface area contributed by atoms with E-state index in [0.29, 0.717) is 31.4 Å². The number of aliphatic hydroxyl groups excluding tert-OH is 1. The lowest BCUT2D eigenvalue weighted by atomic mass is 9.43. The smallest absolute Gasteiger partial charge is 0.331 e. The Morgan fingerprint density at radius 3 is 2.55 bits per heavy atom. The number of rotatable bonds is 4. The summed E-state index contributed by atoms with van der Waals surface area (Å²) in [5.74, 6) is -4.38. The average molecular weight is 525 g/mol. The van der Waals surface area contributed by atoms with E-state index < -0.39 is 70.6 Å². The fraction of sp³-hybridized carbons (Fsp3) is 0.586. The molecule has 2 heterocycles. The standard InChI is InChI=1S/C29H32O9/c1-27(2)13-12-19-28(14-36-25(33)22(27)28)18-10-9-17-21(31)23(32)29(18,26(34)37-19)24(17)38-20(30)11-6-15-4-7-16(35-3)8-5-15/h4-8,11,17-19,22,24-25,33H,9-10,12-14H2,1-3H3/b11-6+/t17-,18-,19-,22+,24+,25+,28+,29-/m0/s1. The number of carbonyl (C=O) groups excluding carboxylic acids is 4. The maximum absolute atomic E-state index is 13.8. The summed E-state index contributed by atoms with van der Waals surface area (Å²) in [4.78, 5) is 53.7. The molecule has 202 valence electrons. The van der Waals surface area contributed by atoms with Crippen molar-refractivity contribution >= 4 is 29.6 Å². The van der Waals surface area contributed by atoms with Gasteiger partial charge in [0.05, 0.1) is 19.6 Å². The molecule has 0 unspecified atom stereocenters. The topological polar surface area (TPSA) is 125 Å². The van der Waals surface area contributed by atoms with Crippen molar-refractivity contribution in [3.05, 3.63) is 35.9 Å². The second kappa shape index (κ2) is 8.48. The van der Waals surface area contributed by atoms with Crippen molar-refractivity contribution < 1.29 is 43.2 Å². The molecule has 2 spiro atoms. The Morgan fingerprint density at radius 1 is 1.11 bits per heavy atom. The van der Waals surface area contributed by atoms with Crippen LogP contribution in [-0.2, 0) is 33.4 Å². The summed E-state index contributed by atoms with van der Waals surface area (Å²) in [7, 11) is 1.56. The maximum atomic E-state index is 13.8. The Morgan fingerprint density at radius 2 is 1.84 bits per heavy atom. The second-order valence-corrected chi connectivity index (χ2v) is 12.0. The van der Waals surface area contributed by atoms with E-state index in [4.69, 9.17) is 18.9 Å². The first-order valence-electron chi connectivity index (χ1n) is 13.2. The van der Waals surface area contributed by atoms with Crippen molar-refractivity contribution in [2.24, 2.45) is 34.0 Å². The zero-order valence-electron chi connectivity index (χ0n) is 21.7. The highest BCUT2D eigenvalue weighted by molar-refractivity contribution is 6.46. The van der Waals surface area contributed by atoms with Crippen molar-refractivity contribution in [1.29, 1.82) is 0 Å². The molecule has 5 aliphatic rings. The van der Waals surface area contributed by atoms with Gasteiger partial charge in [-0.2, -0.15) is 0 Å². The van der Waals surface area contributed by atoms with Crippen LogP contribution in [0, 0.1) is 34.0 Å². The van der Waals surface area contributed by atoms with E-state index in [9.17, 15) is 24.3 Å². The first-order valence-corrected chi connectivity index (χ1v) is 13.2. The zero-order chi connectivity index (χ0) is 27.0. The number of carbonyl (C=O) groups is 4. The quantitative estimate of drug-likeness (QED) is 0.274. The molecule has 1 aromatic rings. The molecule has 0 amide bonds. The Bertz CT molecular complexity index is 1230. The predicted molar refractivity (Wildman–Crippen MR) is 131 cm³/mol. The lowest BCUT2D eigenvalue weighted by molar-refractivity contribution is -0.251. The lowest BCUT2D eigenvalue weighted by Gasteiger charge is -2.62. The lowest BCUT2D eigenvalue weighted by Crippen LogP contribution is -2.71. The van der Waals surface area contributed by atoms with E-state index in [1.807, 2.05) is 13.8 Å². The van der Waals surface area contributed by atoms with Gasteiger partial charge in [-0.25, -0.2) is 4.79 Å². The van der Waals surface area contributed by atoms with Gasteiger partial charge in [-0.05, 0) is 60.8 Å². The minimum atomic E-state index is -1.93. The summed E-state index contributed by atoms with van der Waals surface area (Å²) in [5.41, 5.74) is -2.42. The van der Waals surface area contributed by atoms with Crippen LogP contribution >= 0.6 is 0 Å². The van der Waals surface area contributed by atoms with Gasteiger partial charge in [0.25, 0.3) is 0 Å². The third-order valence-electron chi connectivity index (χ3n) is 9.93. The van der Waals surface area contributed by atoms with Gasteiger partial charge in [-0.15, -0.1) is 0 Å². The molecule has 8 atom stereocenters. The van der Waals surface area contributed by atoms with Gasteiger partial charge in [0, 0.05) is 17.4 Å². The molecule has 5 fully saturated rings. The minimum absolute atomic E-state index is 0.108. The Labute approximate surface area is 220 Å². The summed E-state index contributed by atoms with van der Waals surface area (Å²) in [6.07, 6.45) is 1.88. The Hall–Kier alpha value is -3.04. The number of aliphatic hydroxyl groups is 1. The van der Waals surface area contributed by atoms with Gasteiger partial charge in [0.1, 0.15) is 18.0 Å². The van der Waals surface area contributed by atoms with E-state index in [2.05, 4.69) is 0 Å². The second-order valence-electron chi connectivity index (χ2n) is 12.0. The molecular weight excluding hydrogens is 492 g/mol. The fourth-order valence-electron chi connectivity index (χ4n) is 8.38. The molecule has 2 aliphatic heterocycles. The number of hydrogen-bond donors (Lipinski definition) is 1. The van der Waals surface area contributed by atoms with Crippen LogP contribution in [0.25, 0.3) is 6.08 Å². The molecule has 9 heteroatoms. The van der Waals surface area contributed by atoms with Gasteiger partial charge in [-0.1, -0.05) is 26.0 Å². The molecule has 2 bridgehead atoms. The number of hydrogen-bond acceptors (Lipinski definition) is 9. The van der Waals surface area contributed by atoms with Crippen molar-refractivity contribution in [2.75, 3.05) is 13.7 Å². The zero-order valence-corrected chi connectivity index (χ0v) is 21.7. The van der Waals surface area contributed by atoms with Crippen LogP contribution in [0.5, 0.6) is 5.75 Å². The van der Waals surface area contributed by atoms with Crippen LogP contribution in [0.4, 0.5) is 0 Å². The molecule has 1 aromatic carbocycles. The molecule has 38 heavy (non-hydrogen) atoms. The van der Waals surface area contributed by atoms with Gasteiger partial charge in [0.2, 0.25) is 11.6 Å². The van der Waals surface area contributed by atoms with Gasteiger partial charge in [-0.3, -0.25) is 14.4 Å². The molecule has 2 saturated heterocycles. The fourth-order valence-corrected chi connectivity index (χ4v) is 8.38. The Kier molecular flexibility index (Phi) is 5.63. The summed E-state index contributed by atoms with van der Waals surface area (Å²) in [6, 6.07) is 7.04. The highest BCUT2D eigenvalue weighted by atomic mass is 16.6. The van der Waals surface area contributed by atoms with E-state index in [-0.39, 0.29) is 12.0 Å². The van der Waals surface area contributed by atoms with Crippen LogP contribution in [0.1, 0.15) is 45.1 Å². The number of methoxy groups -OCH3 is 1. The van der Waals surface area contributed by atoms with Crippen LogP contribution in [-0.4, -0.2) is 60.8 Å². The van der Waals surface area contributed by atoms with Gasteiger partial charge < -0.3 is 24.1 Å². The normalized spacial score (nSPS) is 40.8. The minimum Gasteiger partial charge on any atom is -0.497 e. The highest BCUT2D eigenvalue weighted by Gasteiger charge is 2.82. The van der Waals surface area contributed by atoms with E-state index in [0.717, 1.165) is 5.56 Å². The molecule has 0 radical (unpaired) electrons. The third-order valence-corrected chi connectivity index (χ3v) is 9.93. The van der Waals surface area contributed by atoms with Crippen molar-refractivity contribution in [2.45, 2.75) is 58.0 Å². The van der Waals surface area contributed by atoms with Gasteiger partial charge >= 0.3 is 11.9 Å². The number of Topliss-reactive ketones (excluding diaryl/α,β-unsaturated/α-hetero) is 2. The summed E-state index contributed by atoms with van der Waals surface area (Å²) in [5, 5.41) is 10.9. The number of benzene rings is 1. The van der Waals surface area contributed by atoms with Crippen molar-refractivity contribution in [1.82, 2.24) is 0 Å². The molecule has 1 N–H and O–H groups in total. The molecule has 9 nitrogen and oxygen atoms in total. The largest absolute Gasteiger partial charge is 0.497 e. The van der Waals surface area contributed by atoms with Crippen LogP contribution in [0.2, 0.25) is 0 Å². The van der Waals surface area contributed by atoms with Crippen LogP contribution in [0.15, 0.2) is 30.3 Å². The Balaban J connectivity index is 1.37. The maximum Gasteiger partial charge on any atom is 0.331 e. The summed E-state index contributed by atoms with van der Waals surface area (Å²) >= 11 is 0. The molecule has 3 aliphatic carbocycles. The molecule has 3 saturated carbocycles. The monoisotopic (exact) mass is 524 g/mol. The van der Waals surface area contributed by atoms with E-state index >= 15 is 0 Å². The molecule has 0 aromatic heterocycles. The number of esters is 2. The highest BCUT2D eigenvalue weighted by Crippen LogP contribution is 2.70. The van der Waals surface area contributed by atoms with Crippen molar-refractivity contribution in [3.63, 3.8) is 0 Å². The van der Waals surface area contributed by atoms with E-state index in [1.54, 1.807) is 37.5 Å². The average Bonchev–Trinajstić information content (AvgIpc) is 3.31. The first kappa shape index (κ1) is 25.2.